The van der Waals surface area contributed by atoms with E-state index in [1.54, 1.807) is 25.1 Å². The van der Waals surface area contributed by atoms with Crippen LogP contribution in [-0.2, 0) is 14.9 Å². The normalized spacial score (nSPS) is 18.4. The summed E-state index contributed by atoms with van der Waals surface area (Å²) in [6.07, 6.45) is 3.08. The van der Waals surface area contributed by atoms with Gasteiger partial charge in [-0.1, -0.05) is 78.9 Å². The second-order valence-electron chi connectivity index (χ2n) is 11.5. The highest BCUT2D eigenvalue weighted by molar-refractivity contribution is 5.97. The summed E-state index contributed by atoms with van der Waals surface area (Å²) >= 11 is 0. The van der Waals surface area contributed by atoms with Gasteiger partial charge in [0.05, 0.1) is 16.4 Å². The van der Waals surface area contributed by atoms with Gasteiger partial charge >= 0.3 is 5.97 Å². The molecule has 230 valence electrons. The molecule has 2 aliphatic heterocycles. The Balaban J connectivity index is 1.19. The molecule has 1 N–H and O–H groups in total. The molecule has 6 rings (SSSR count). The van der Waals surface area contributed by atoms with Crippen LogP contribution < -0.4 is 5.32 Å². The summed E-state index contributed by atoms with van der Waals surface area (Å²) in [5.74, 6) is -1.21. The van der Waals surface area contributed by atoms with Crippen molar-refractivity contribution in [2.75, 3.05) is 26.2 Å². The van der Waals surface area contributed by atoms with Crippen LogP contribution >= 0.6 is 0 Å². The Morgan fingerprint density at radius 2 is 1.60 bits per heavy atom. The summed E-state index contributed by atoms with van der Waals surface area (Å²) in [4.78, 5) is 27.7. The fourth-order valence-corrected chi connectivity index (χ4v) is 6.81. The lowest BCUT2D eigenvalue weighted by molar-refractivity contribution is -0.385. The van der Waals surface area contributed by atoms with Crippen molar-refractivity contribution in [1.82, 2.24) is 20.4 Å². The fourth-order valence-electron chi connectivity index (χ4n) is 6.81. The minimum atomic E-state index is -0.840. The maximum Gasteiger partial charge on any atom is 0.336 e. The summed E-state index contributed by atoms with van der Waals surface area (Å²) in [7, 11) is 0. The van der Waals surface area contributed by atoms with Gasteiger partial charge in [0.15, 0.2) is 0 Å². The zero-order valence-corrected chi connectivity index (χ0v) is 25.3. The van der Waals surface area contributed by atoms with E-state index in [0.717, 1.165) is 25.9 Å². The maximum absolute atomic E-state index is 13.8. The number of esters is 1. The van der Waals surface area contributed by atoms with E-state index in [1.807, 2.05) is 19.1 Å². The van der Waals surface area contributed by atoms with Crippen molar-refractivity contribution in [2.45, 2.75) is 38.0 Å². The largest absolute Gasteiger partial charge is 0.461 e. The zero-order chi connectivity index (χ0) is 31.4. The van der Waals surface area contributed by atoms with Crippen LogP contribution in [0.3, 0.4) is 0 Å². The van der Waals surface area contributed by atoms with Gasteiger partial charge in [-0.25, -0.2) is 4.79 Å². The average Bonchev–Trinajstić information content (AvgIpc) is 3.60. The van der Waals surface area contributed by atoms with Gasteiger partial charge in [0.2, 0.25) is 12.3 Å². The lowest BCUT2D eigenvalue weighted by Gasteiger charge is -2.43. The number of nitrogens with zero attached hydrogens (tertiary/aromatic N) is 4. The predicted molar refractivity (Wildman–Crippen MR) is 169 cm³/mol. The van der Waals surface area contributed by atoms with Gasteiger partial charge in [-0.3, -0.25) is 15.0 Å². The minimum Gasteiger partial charge on any atom is -0.461 e. The van der Waals surface area contributed by atoms with E-state index in [9.17, 15) is 14.9 Å². The topological polar surface area (TPSA) is 124 Å². The van der Waals surface area contributed by atoms with Crippen molar-refractivity contribution in [1.29, 1.82) is 0 Å². The summed E-state index contributed by atoms with van der Waals surface area (Å²) in [5, 5.41) is 23.2. The standard InChI is InChI=1S/C35H35N5O5/c1-24-30(33-38-36-23-45-33)32(28-15-9-10-16-29(28)40(42)43)31(25(2)37-24)34(41)44-22-21-39-19-17-35(18-20-39,26-11-5-3-6-12-26)27-13-7-4-8-14-27/h3-16,23,32,37H,17-22H2,1-2H3. The Morgan fingerprint density at radius 1 is 0.978 bits per heavy atom. The van der Waals surface area contributed by atoms with Gasteiger partial charge in [0.25, 0.3) is 5.69 Å². The molecule has 3 heterocycles. The average molecular weight is 606 g/mol. The number of carbonyl (C=O) groups is 1. The van der Waals surface area contributed by atoms with E-state index in [2.05, 4.69) is 68.9 Å². The highest BCUT2D eigenvalue weighted by Gasteiger charge is 2.41. The zero-order valence-electron chi connectivity index (χ0n) is 25.3. The van der Waals surface area contributed by atoms with Crippen LogP contribution in [0.4, 0.5) is 5.69 Å². The van der Waals surface area contributed by atoms with Gasteiger partial charge in [0, 0.05) is 40.6 Å². The molecule has 0 spiro atoms. The number of likely N-dealkylation sites (tertiary alicyclic amines) is 1. The van der Waals surface area contributed by atoms with Crippen LogP contribution in [0.5, 0.6) is 0 Å². The third kappa shape index (κ3) is 5.88. The molecule has 2 aliphatic rings. The van der Waals surface area contributed by atoms with E-state index in [-0.39, 0.29) is 29.2 Å². The minimum absolute atomic E-state index is 0.0711. The van der Waals surface area contributed by atoms with Crippen LogP contribution in [0.2, 0.25) is 0 Å². The van der Waals surface area contributed by atoms with Crippen molar-refractivity contribution in [2.24, 2.45) is 0 Å². The molecule has 0 bridgehead atoms. The number of aromatic nitrogens is 2. The number of hydrogen-bond acceptors (Lipinski definition) is 9. The molecule has 1 atom stereocenters. The number of dihydropyridines is 1. The van der Waals surface area contributed by atoms with E-state index in [4.69, 9.17) is 9.15 Å². The second-order valence-corrected chi connectivity index (χ2v) is 11.5. The Kier molecular flexibility index (Phi) is 8.57. The lowest BCUT2D eigenvalue weighted by Crippen LogP contribution is -2.44. The molecule has 10 nitrogen and oxygen atoms in total. The number of allylic oxidation sites excluding steroid dienone is 3. The SMILES string of the molecule is CC1=C(C(=O)OCCN2CCC(c3ccccc3)(c3ccccc3)CC2)C(c2ccccc2[N+](=O)[O-])C(c2nnco2)=C(C)N1. The molecule has 45 heavy (non-hydrogen) atoms. The molecule has 0 aliphatic carbocycles. The first-order chi connectivity index (χ1) is 21.9. The number of nitrogens with one attached hydrogen (secondary N) is 1. The number of para-hydroxylation sites is 1. The van der Waals surface area contributed by atoms with Gasteiger partial charge < -0.3 is 14.5 Å². The van der Waals surface area contributed by atoms with Crippen LogP contribution in [0.1, 0.15) is 55.2 Å². The van der Waals surface area contributed by atoms with E-state index in [1.165, 1.54) is 23.6 Å². The molecule has 10 heteroatoms. The number of rotatable bonds is 9. The summed E-state index contributed by atoms with van der Waals surface area (Å²) < 4.78 is 11.4. The molecule has 1 aromatic heterocycles. The van der Waals surface area contributed by atoms with Crippen molar-refractivity contribution >= 4 is 17.2 Å². The molecule has 0 saturated carbocycles. The first-order valence-electron chi connectivity index (χ1n) is 15.1. The number of benzene rings is 3. The lowest BCUT2D eigenvalue weighted by atomic mass is 9.68. The van der Waals surface area contributed by atoms with Crippen LogP contribution in [0.25, 0.3) is 5.57 Å². The Bertz CT molecular complexity index is 1690. The molecular formula is C35H35N5O5. The van der Waals surface area contributed by atoms with Gasteiger partial charge in [-0.2, -0.15) is 0 Å². The van der Waals surface area contributed by atoms with Crippen molar-refractivity contribution in [3.05, 3.63) is 141 Å². The molecule has 1 fully saturated rings. The van der Waals surface area contributed by atoms with Gasteiger partial charge in [-0.05, 0) is 50.9 Å². The van der Waals surface area contributed by atoms with E-state index < -0.39 is 16.8 Å². The van der Waals surface area contributed by atoms with E-state index in [0.29, 0.717) is 29.1 Å². The monoisotopic (exact) mass is 605 g/mol. The number of ether oxygens (including phenoxy) is 1. The Morgan fingerprint density at radius 3 is 2.20 bits per heavy atom. The van der Waals surface area contributed by atoms with Crippen LogP contribution in [-0.4, -0.2) is 52.2 Å². The highest BCUT2D eigenvalue weighted by atomic mass is 16.6. The predicted octanol–water partition coefficient (Wildman–Crippen LogP) is 6.00. The van der Waals surface area contributed by atoms with Crippen LogP contribution in [0, 0.1) is 10.1 Å². The molecular weight excluding hydrogens is 570 g/mol. The number of piperidine rings is 1. The quantitative estimate of drug-likeness (QED) is 0.139. The van der Waals surface area contributed by atoms with Crippen molar-refractivity contribution < 1.29 is 18.9 Å². The maximum atomic E-state index is 13.8. The number of hydrogen-bond donors (Lipinski definition) is 1. The molecule has 1 saturated heterocycles. The number of nitro benzene ring substituents is 1. The molecule has 3 aromatic carbocycles. The second kappa shape index (κ2) is 12.9. The third-order valence-electron chi connectivity index (χ3n) is 9.02. The summed E-state index contributed by atoms with van der Waals surface area (Å²) in [6, 6.07) is 27.7. The molecule has 0 amide bonds. The smallest absolute Gasteiger partial charge is 0.336 e. The van der Waals surface area contributed by atoms with Gasteiger partial charge in [0.1, 0.15) is 6.61 Å². The van der Waals surface area contributed by atoms with Crippen molar-refractivity contribution in [3.8, 4) is 0 Å². The van der Waals surface area contributed by atoms with E-state index >= 15 is 0 Å². The third-order valence-corrected chi connectivity index (χ3v) is 9.02. The van der Waals surface area contributed by atoms with Gasteiger partial charge in [-0.15, -0.1) is 10.2 Å². The fraction of sp³-hybridized carbons (Fsp3) is 0.286. The van der Waals surface area contributed by atoms with Crippen LogP contribution in [0.15, 0.2) is 113 Å². The Labute approximate surface area is 261 Å². The molecule has 1 unspecified atom stereocenters. The number of nitro groups is 1. The summed E-state index contributed by atoms with van der Waals surface area (Å²) in [5.41, 5.74) is 4.77. The molecule has 0 radical (unpaired) electrons. The first-order valence-corrected chi connectivity index (χ1v) is 15.1. The first kappa shape index (κ1) is 30.0. The number of carbonyl (C=O) groups excluding carboxylic acids is 1. The Hall–Kier alpha value is -5.09. The van der Waals surface area contributed by atoms with Crippen molar-refractivity contribution in [3.63, 3.8) is 0 Å². The molecule has 4 aromatic rings. The summed E-state index contributed by atoms with van der Waals surface area (Å²) in [6.45, 7) is 6.05. The highest BCUT2D eigenvalue weighted by Crippen LogP contribution is 2.46.